The topological polar surface area (TPSA) is 65.8 Å². The summed E-state index contributed by atoms with van der Waals surface area (Å²) < 4.78 is 29.8. The summed E-state index contributed by atoms with van der Waals surface area (Å²) in [5.41, 5.74) is 2.48. The Kier molecular flexibility index (Phi) is 4.80. The van der Waals surface area contributed by atoms with Gasteiger partial charge in [0.2, 0.25) is 0 Å². The van der Waals surface area contributed by atoms with Gasteiger partial charge in [-0.15, -0.1) is 0 Å². The fourth-order valence-corrected chi connectivity index (χ4v) is 4.28. The monoisotopic (exact) mass is 424 g/mol. The van der Waals surface area contributed by atoms with Crippen LogP contribution in [0.1, 0.15) is 37.8 Å². The Labute approximate surface area is 178 Å². The molecule has 1 aromatic carbocycles. The van der Waals surface area contributed by atoms with E-state index in [9.17, 15) is 13.6 Å². The number of aromatic nitrogens is 3. The number of anilines is 2. The van der Waals surface area contributed by atoms with Gasteiger partial charge >= 0.3 is 6.03 Å². The van der Waals surface area contributed by atoms with E-state index in [0.717, 1.165) is 30.5 Å². The molecule has 1 fully saturated rings. The van der Waals surface area contributed by atoms with Gasteiger partial charge in [0, 0.05) is 31.0 Å². The number of hydrogen-bond acceptors (Lipinski definition) is 4. The van der Waals surface area contributed by atoms with Crippen LogP contribution in [0.2, 0.25) is 0 Å². The molecular formula is C22H22F2N6O. The number of hydrogen-bond donors (Lipinski definition) is 1. The molecular weight excluding hydrogens is 402 g/mol. The van der Waals surface area contributed by atoms with Gasteiger partial charge in [-0.1, -0.05) is 5.57 Å². The Hall–Kier alpha value is -3.49. The number of urea groups is 1. The third kappa shape index (κ3) is 3.60. The van der Waals surface area contributed by atoms with Crippen molar-refractivity contribution in [1.29, 1.82) is 0 Å². The summed E-state index contributed by atoms with van der Waals surface area (Å²) in [6, 6.07) is 4.81. The van der Waals surface area contributed by atoms with E-state index < -0.39 is 11.6 Å². The van der Waals surface area contributed by atoms with Crippen LogP contribution >= 0.6 is 0 Å². The van der Waals surface area contributed by atoms with Gasteiger partial charge in [-0.3, -0.25) is 0 Å². The smallest absolute Gasteiger partial charge is 0.326 e. The van der Waals surface area contributed by atoms with Crippen molar-refractivity contribution in [3.05, 3.63) is 65.6 Å². The number of amides is 2. The minimum Gasteiger partial charge on any atom is -0.349 e. The zero-order valence-electron chi connectivity index (χ0n) is 17.1. The lowest BCUT2D eigenvalue weighted by Gasteiger charge is -2.26. The van der Waals surface area contributed by atoms with E-state index in [-0.39, 0.29) is 12.1 Å². The van der Waals surface area contributed by atoms with Gasteiger partial charge in [-0.2, -0.15) is 5.10 Å². The Morgan fingerprint density at radius 2 is 2.10 bits per heavy atom. The molecule has 3 aromatic rings. The standard InChI is InChI=1S/C22H22F2N6O/c1-14-6-9-28(13-14)22(31)26-18-12-25-30-10-7-20(27-21(18)30)29-8-2-3-19(29)16-11-15(23)4-5-17(16)24/h4-5,7,10-13,19H,2-3,6,8-9H2,1H3,(H,26,31)/t19-/m1/s1. The lowest BCUT2D eigenvalue weighted by atomic mass is 10.0. The molecule has 2 amide bonds. The molecule has 0 aliphatic carbocycles. The number of halogens is 2. The molecule has 160 valence electrons. The minimum atomic E-state index is -0.460. The van der Waals surface area contributed by atoms with Crippen LogP contribution in [-0.4, -0.2) is 38.6 Å². The quantitative estimate of drug-likeness (QED) is 0.673. The minimum absolute atomic E-state index is 0.236. The van der Waals surface area contributed by atoms with Crippen LogP contribution in [0.15, 0.2) is 48.4 Å². The van der Waals surface area contributed by atoms with E-state index >= 15 is 0 Å². The number of nitrogens with one attached hydrogen (secondary N) is 1. The highest BCUT2D eigenvalue weighted by Crippen LogP contribution is 2.37. The summed E-state index contributed by atoms with van der Waals surface area (Å²) in [6.45, 7) is 3.31. The fraction of sp³-hybridized carbons (Fsp3) is 0.318. The normalized spacial score (nSPS) is 18.7. The molecule has 1 N–H and O–H groups in total. The van der Waals surface area contributed by atoms with Crippen molar-refractivity contribution in [2.45, 2.75) is 32.2 Å². The maximum atomic E-state index is 14.4. The van der Waals surface area contributed by atoms with Crippen LogP contribution in [-0.2, 0) is 0 Å². The SMILES string of the molecule is CC1=CN(C(=O)Nc2cnn3ccc(N4CCC[C@@H]4c4cc(F)ccc4F)nc23)CC1. The van der Waals surface area contributed by atoms with Crippen LogP contribution in [0.4, 0.5) is 25.1 Å². The molecule has 31 heavy (non-hydrogen) atoms. The predicted octanol–water partition coefficient (Wildman–Crippen LogP) is 4.49. The van der Waals surface area contributed by atoms with Gasteiger partial charge in [0.15, 0.2) is 5.65 Å². The van der Waals surface area contributed by atoms with Crippen LogP contribution in [0.25, 0.3) is 5.65 Å². The predicted molar refractivity (Wildman–Crippen MR) is 113 cm³/mol. The largest absolute Gasteiger partial charge is 0.349 e. The number of carbonyl (C=O) groups is 1. The Morgan fingerprint density at radius 1 is 1.23 bits per heavy atom. The second kappa shape index (κ2) is 7.64. The van der Waals surface area contributed by atoms with Crippen LogP contribution in [0, 0.1) is 11.6 Å². The number of rotatable bonds is 3. The van der Waals surface area contributed by atoms with Crippen molar-refractivity contribution < 1.29 is 13.6 Å². The lowest BCUT2D eigenvalue weighted by molar-refractivity contribution is 0.231. The van der Waals surface area contributed by atoms with Crippen molar-refractivity contribution >= 4 is 23.2 Å². The van der Waals surface area contributed by atoms with E-state index in [0.29, 0.717) is 42.2 Å². The molecule has 4 heterocycles. The highest BCUT2D eigenvalue weighted by molar-refractivity contribution is 5.93. The molecule has 2 aliphatic heterocycles. The average Bonchev–Trinajstić information content (AvgIpc) is 3.49. The fourth-order valence-electron chi connectivity index (χ4n) is 4.28. The molecule has 0 unspecified atom stereocenters. The van der Waals surface area contributed by atoms with Gasteiger partial charge in [0.05, 0.1) is 12.2 Å². The molecule has 0 spiro atoms. The first kappa shape index (κ1) is 19.5. The van der Waals surface area contributed by atoms with E-state index in [4.69, 9.17) is 4.98 Å². The van der Waals surface area contributed by atoms with Crippen molar-refractivity contribution in [2.75, 3.05) is 23.3 Å². The Balaban J connectivity index is 1.45. The van der Waals surface area contributed by atoms with Crippen LogP contribution in [0.5, 0.6) is 0 Å². The second-order valence-electron chi connectivity index (χ2n) is 7.98. The van der Waals surface area contributed by atoms with Crippen LogP contribution < -0.4 is 10.2 Å². The molecule has 9 heteroatoms. The number of benzene rings is 1. The van der Waals surface area contributed by atoms with E-state index in [1.165, 1.54) is 6.07 Å². The van der Waals surface area contributed by atoms with E-state index in [1.807, 2.05) is 18.0 Å². The molecule has 2 aromatic heterocycles. The van der Waals surface area contributed by atoms with Gasteiger partial charge in [0.25, 0.3) is 0 Å². The van der Waals surface area contributed by atoms with Gasteiger partial charge in [-0.05, 0) is 50.5 Å². The summed E-state index contributed by atoms with van der Waals surface area (Å²) in [5, 5.41) is 7.13. The Bertz CT molecular complexity index is 1190. The molecule has 5 rings (SSSR count). The number of carbonyl (C=O) groups excluding carboxylic acids is 1. The summed E-state index contributed by atoms with van der Waals surface area (Å²) in [7, 11) is 0. The zero-order valence-corrected chi connectivity index (χ0v) is 17.1. The highest BCUT2D eigenvalue weighted by atomic mass is 19.1. The van der Waals surface area contributed by atoms with Gasteiger partial charge in [0.1, 0.15) is 23.1 Å². The molecule has 7 nitrogen and oxygen atoms in total. The lowest BCUT2D eigenvalue weighted by Crippen LogP contribution is -2.29. The van der Waals surface area contributed by atoms with Crippen molar-refractivity contribution in [3.8, 4) is 0 Å². The third-order valence-corrected chi connectivity index (χ3v) is 5.84. The first-order chi connectivity index (χ1) is 15.0. The summed E-state index contributed by atoms with van der Waals surface area (Å²) in [4.78, 5) is 20.9. The first-order valence-corrected chi connectivity index (χ1v) is 10.3. The van der Waals surface area contributed by atoms with E-state index in [2.05, 4.69) is 10.4 Å². The van der Waals surface area contributed by atoms with Gasteiger partial charge in [-0.25, -0.2) is 23.1 Å². The number of fused-ring (bicyclic) bond motifs is 1. The Morgan fingerprint density at radius 3 is 2.90 bits per heavy atom. The second-order valence-corrected chi connectivity index (χ2v) is 7.98. The highest BCUT2D eigenvalue weighted by Gasteiger charge is 2.30. The maximum absolute atomic E-state index is 14.4. The van der Waals surface area contributed by atoms with Crippen molar-refractivity contribution in [2.24, 2.45) is 0 Å². The molecule has 0 bridgehead atoms. The van der Waals surface area contributed by atoms with Crippen molar-refractivity contribution in [3.63, 3.8) is 0 Å². The van der Waals surface area contributed by atoms with Crippen LogP contribution in [0.3, 0.4) is 0 Å². The van der Waals surface area contributed by atoms with Crippen molar-refractivity contribution in [1.82, 2.24) is 19.5 Å². The summed E-state index contributed by atoms with van der Waals surface area (Å²) in [5.74, 6) is -0.254. The van der Waals surface area contributed by atoms with Gasteiger partial charge < -0.3 is 15.1 Å². The molecule has 0 radical (unpaired) electrons. The molecule has 1 atom stereocenters. The first-order valence-electron chi connectivity index (χ1n) is 10.3. The number of nitrogens with zero attached hydrogens (tertiary/aromatic N) is 5. The molecule has 2 aliphatic rings. The molecule has 1 saturated heterocycles. The van der Waals surface area contributed by atoms with E-state index in [1.54, 1.807) is 27.9 Å². The maximum Gasteiger partial charge on any atom is 0.326 e. The summed E-state index contributed by atoms with van der Waals surface area (Å²) in [6.07, 6.45) is 7.56. The summed E-state index contributed by atoms with van der Waals surface area (Å²) >= 11 is 0. The molecule has 0 saturated carbocycles. The zero-order chi connectivity index (χ0) is 21.5. The third-order valence-electron chi connectivity index (χ3n) is 5.84. The average molecular weight is 424 g/mol.